The van der Waals surface area contributed by atoms with Crippen molar-refractivity contribution in [3.05, 3.63) is 59.8 Å². The van der Waals surface area contributed by atoms with Crippen LogP contribution in [0.4, 0.5) is 18.9 Å². The fraction of sp³-hybridized carbons (Fsp3) is 0.222. The summed E-state index contributed by atoms with van der Waals surface area (Å²) in [5, 5.41) is 7.12. The van der Waals surface area contributed by atoms with Gasteiger partial charge in [-0.05, 0) is 36.2 Å². The number of aryl methyl sites for hydroxylation is 2. The molecule has 25 heavy (non-hydrogen) atoms. The van der Waals surface area contributed by atoms with Gasteiger partial charge >= 0.3 is 6.18 Å². The molecule has 0 saturated heterocycles. The van der Waals surface area contributed by atoms with Crippen molar-refractivity contribution < 1.29 is 13.2 Å². The predicted octanol–water partition coefficient (Wildman–Crippen LogP) is 5.13. The summed E-state index contributed by atoms with van der Waals surface area (Å²) in [5.41, 5.74) is 2.38. The van der Waals surface area contributed by atoms with Crippen LogP contribution in [0.15, 0.2) is 57.9 Å². The Morgan fingerprint density at radius 3 is 2.40 bits per heavy atom. The van der Waals surface area contributed by atoms with Crippen LogP contribution in [0.2, 0.25) is 0 Å². The van der Waals surface area contributed by atoms with Crippen LogP contribution in [0.3, 0.4) is 0 Å². The Balaban J connectivity index is 2.02. The van der Waals surface area contributed by atoms with Gasteiger partial charge < -0.3 is 4.57 Å². The number of benzene rings is 2. The fourth-order valence-corrected chi connectivity index (χ4v) is 3.71. The number of nitrogens with two attached hydrogens (primary N) is 1. The van der Waals surface area contributed by atoms with Gasteiger partial charge in [0.1, 0.15) is 0 Å². The van der Waals surface area contributed by atoms with Crippen molar-refractivity contribution in [2.75, 3.05) is 0 Å². The minimum Gasteiger partial charge on any atom is -0.348 e. The summed E-state index contributed by atoms with van der Waals surface area (Å²) in [4.78, 5) is 0.566. The second-order valence-electron chi connectivity index (χ2n) is 5.72. The van der Waals surface area contributed by atoms with E-state index in [1.54, 1.807) is 0 Å². The van der Waals surface area contributed by atoms with Gasteiger partial charge in [0.15, 0.2) is 0 Å². The monoisotopic (exact) mass is 365 g/mol. The molecule has 0 spiro atoms. The van der Waals surface area contributed by atoms with Crippen molar-refractivity contribution in [3.63, 3.8) is 0 Å². The van der Waals surface area contributed by atoms with Gasteiger partial charge in [-0.25, -0.2) is 4.36 Å². The Kier molecular flexibility index (Phi) is 4.71. The van der Waals surface area contributed by atoms with Gasteiger partial charge in [0.2, 0.25) is 0 Å². The Bertz CT molecular complexity index is 941. The standard InChI is InChI=1S/C18H18F3N3S/c1-3-12-5-4-6-15-16(11-24(2)17(12)15)23-25(22)14-9-7-13(8-10-14)18(19,20)21/h4-11H,3H2,1-2H3,(H2,22,23). The zero-order chi connectivity index (χ0) is 18.2. The highest BCUT2D eigenvalue weighted by atomic mass is 32.2. The topological polar surface area (TPSA) is 43.3 Å². The molecule has 0 bridgehead atoms. The van der Waals surface area contributed by atoms with Gasteiger partial charge in [0.25, 0.3) is 0 Å². The van der Waals surface area contributed by atoms with E-state index in [0.29, 0.717) is 4.90 Å². The van der Waals surface area contributed by atoms with Gasteiger partial charge in [0.05, 0.1) is 16.8 Å². The summed E-state index contributed by atoms with van der Waals surface area (Å²) >= 11 is 0. The first kappa shape index (κ1) is 17.7. The molecule has 0 amide bonds. The quantitative estimate of drug-likeness (QED) is 0.687. The van der Waals surface area contributed by atoms with Crippen molar-refractivity contribution >= 4 is 27.5 Å². The van der Waals surface area contributed by atoms with Gasteiger partial charge in [-0.2, -0.15) is 13.2 Å². The number of aromatic nitrogens is 1. The first-order valence-corrected chi connectivity index (χ1v) is 9.00. The maximum absolute atomic E-state index is 12.7. The summed E-state index contributed by atoms with van der Waals surface area (Å²) < 4.78 is 44.5. The molecular formula is C18H18F3N3S. The third kappa shape index (κ3) is 3.48. The average Bonchev–Trinajstić information content (AvgIpc) is 2.90. The van der Waals surface area contributed by atoms with Gasteiger partial charge in [-0.3, -0.25) is 5.14 Å². The predicted molar refractivity (Wildman–Crippen MR) is 95.6 cm³/mol. The zero-order valence-corrected chi connectivity index (χ0v) is 14.7. The smallest absolute Gasteiger partial charge is 0.348 e. The van der Waals surface area contributed by atoms with E-state index in [-0.39, 0.29) is 0 Å². The van der Waals surface area contributed by atoms with E-state index >= 15 is 0 Å². The molecule has 2 aromatic carbocycles. The number of fused-ring (bicyclic) bond motifs is 1. The zero-order valence-electron chi connectivity index (χ0n) is 13.8. The van der Waals surface area contributed by atoms with Crippen LogP contribution in [0.1, 0.15) is 18.1 Å². The first-order chi connectivity index (χ1) is 11.8. The molecule has 0 fully saturated rings. The molecule has 132 valence electrons. The summed E-state index contributed by atoms with van der Waals surface area (Å²) in [5.74, 6) is 0. The molecule has 0 saturated carbocycles. The molecule has 0 radical (unpaired) electrons. The molecule has 3 nitrogen and oxygen atoms in total. The molecule has 7 heteroatoms. The second kappa shape index (κ2) is 6.65. The molecule has 0 aliphatic carbocycles. The molecule has 0 aliphatic rings. The van der Waals surface area contributed by atoms with Crippen LogP contribution in [-0.2, 0) is 30.5 Å². The summed E-state index contributed by atoms with van der Waals surface area (Å²) in [6.07, 6.45) is -1.54. The maximum Gasteiger partial charge on any atom is 0.416 e. The first-order valence-electron chi connectivity index (χ1n) is 7.76. The van der Waals surface area contributed by atoms with E-state index in [1.807, 2.05) is 29.9 Å². The number of alkyl halides is 3. The highest BCUT2D eigenvalue weighted by Gasteiger charge is 2.30. The van der Waals surface area contributed by atoms with Crippen molar-refractivity contribution in [3.8, 4) is 0 Å². The lowest BCUT2D eigenvalue weighted by molar-refractivity contribution is -0.137. The lowest BCUT2D eigenvalue weighted by Crippen LogP contribution is -2.06. The van der Waals surface area contributed by atoms with E-state index in [9.17, 15) is 13.2 Å². The van der Waals surface area contributed by atoms with Gasteiger partial charge in [-0.15, -0.1) is 0 Å². The van der Waals surface area contributed by atoms with Crippen molar-refractivity contribution in [2.24, 2.45) is 16.5 Å². The molecule has 0 aliphatic heterocycles. The largest absolute Gasteiger partial charge is 0.416 e. The van der Waals surface area contributed by atoms with Crippen LogP contribution < -0.4 is 5.14 Å². The Hall–Kier alpha value is -2.12. The van der Waals surface area contributed by atoms with Crippen LogP contribution >= 0.6 is 0 Å². The number of hydrogen-bond acceptors (Lipinski definition) is 1. The molecule has 1 aromatic heterocycles. The number of hydrogen-bond donors (Lipinski definition) is 1. The normalized spacial score (nSPS) is 13.5. The van der Waals surface area contributed by atoms with Crippen molar-refractivity contribution in [1.29, 1.82) is 0 Å². The third-order valence-corrected chi connectivity index (χ3v) is 5.21. The minimum absolute atomic E-state index is 0.566. The highest BCUT2D eigenvalue weighted by molar-refractivity contribution is 7.85. The van der Waals surface area contributed by atoms with E-state index in [4.69, 9.17) is 5.14 Å². The highest BCUT2D eigenvalue weighted by Crippen LogP contribution is 2.32. The second-order valence-corrected chi connectivity index (χ2v) is 7.00. The van der Waals surface area contributed by atoms with Crippen LogP contribution in [0, 0.1) is 0 Å². The fourth-order valence-electron chi connectivity index (χ4n) is 2.83. The number of rotatable bonds is 3. The lowest BCUT2D eigenvalue weighted by Gasteiger charge is -2.07. The summed E-state index contributed by atoms with van der Waals surface area (Å²) in [6.45, 7) is 2.09. The van der Waals surface area contributed by atoms with E-state index in [1.165, 1.54) is 17.7 Å². The van der Waals surface area contributed by atoms with E-state index < -0.39 is 22.6 Å². The third-order valence-electron chi connectivity index (χ3n) is 4.06. The lowest BCUT2D eigenvalue weighted by atomic mass is 10.1. The molecule has 1 unspecified atom stereocenters. The molecule has 1 heterocycles. The molecule has 1 atom stereocenters. The number of nitrogens with zero attached hydrogens (tertiary/aromatic N) is 2. The molecule has 2 N–H and O–H groups in total. The Labute approximate surface area is 146 Å². The maximum atomic E-state index is 12.7. The van der Waals surface area contributed by atoms with Crippen LogP contribution in [0.25, 0.3) is 10.9 Å². The van der Waals surface area contributed by atoms with Crippen LogP contribution in [0.5, 0.6) is 0 Å². The summed E-state index contributed by atoms with van der Waals surface area (Å²) in [6, 6.07) is 10.9. The van der Waals surface area contributed by atoms with Crippen LogP contribution in [-0.4, -0.2) is 4.57 Å². The van der Waals surface area contributed by atoms with Gasteiger partial charge in [0, 0.05) is 34.4 Å². The molecular weight excluding hydrogens is 347 g/mol. The van der Waals surface area contributed by atoms with Crippen molar-refractivity contribution in [1.82, 2.24) is 4.57 Å². The summed E-state index contributed by atoms with van der Waals surface area (Å²) in [7, 11) is 0.925. The van der Waals surface area contributed by atoms with Crippen molar-refractivity contribution in [2.45, 2.75) is 24.4 Å². The number of para-hydroxylation sites is 1. The molecule has 3 rings (SSSR count). The Morgan fingerprint density at radius 2 is 1.80 bits per heavy atom. The average molecular weight is 365 g/mol. The minimum atomic E-state index is -4.35. The number of halogens is 3. The van der Waals surface area contributed by atoms with Gasteiger partial charge in [-0.1, -0.05) is 25.1 Å². The van der Waals surface area contributed by atoms with E-state index in [0.717, 1.165) is 35.1 Å². The Morgan fingerprint density at radius 1 is 1.12 bits per heavy atom. The molecule has 3 aromatic rings. The van der Waals surface area contributed by atoms with E-state index in [2.05, 4.69) is 17.4 Å². The SMILES string of the molecule is CCc1cccc2c(N=S(N)c3ccc(C(F)(F)F)cc3)cn(C)c12.